The van der Waals surface area contributed by atoms with Crippen molar-refractivity contribution in [2.24, 2.45) is 0 Å². The van der Waals surface area contributed by atoms with Crippen molar-refractivity contribution in [1.29, 1.82) is 0 Å². The molecule has 3 nitrogen and oxygen atoms in total. The van der Waals surface area contributed by atoms with Crippen molar-refractivity contribution in [1.82, 2.24) is 0 Å². The van der Waals surface area contributed by atoms with Gasteiger partial charge in [0.25, 0.3) is 11.8 Å². The van der Waals surface area contributed by atoms with E-state index < -0.39 is 0 Å². The number of amides is 2. The van der Waals surface area contributed by atoms with Gasteiger partial charge >= 0.3 is 0 Å². The summed E-state index contributed by atoms with van der Waals surface area (Å²) in [4.78, 5) is 29.6. The highest BCUT2D eigenvalue weighted by Gasteiger charge is 2.41. The Kier molecular flexibility index (Phi) is 5.54. The van der Waals surface area contributed by atoms with Crippen LogP contribution in [-0.4, -0.2) is 11.8 Å². The summed E-state index contributed by atoms with van der Waals surface area (Å²) < 4.78 is 0. The van der Waals surface area contributed by atoms with E-state index in [4.69, 9.17) is 11.6 Å². The highest BCUT2D eigenvalue weighted by atomic mass is 35.5. The summed E-state index contributed by atoms with van der Waals surface area (Å²) in [5.41, 5.74) is 4.71. The molecule has 3 aromatic rings. The number of nitrogens with zero attached hydrogens (tertiary/aromatic N) is 1. The Bertz CT molecular complexity index is 1200. The van der Waals surface area contributed by atoms with Gasteiger partial charge in [-0.3, -0.25) is 9.59 Å². The van der Waals surface area contributed by atoms with Crippen LogP contribution in [0.1, 0.15) is 22.3 Å². The minimum atomic E-state index is -0.327. The van der Waals surface area contributed by atoms with Gasteiger partial charge in [-0.05, 0) is 67.3 Å². The second-order valence-electron chi connectivity index (χ2n) is 7.29. The minimum Gasteiger partial charge on any atom is -0.268 e. The van der Waals surface area contributed by atoms with Crippen LogP contribution in [0, 0.1) is 20.8 Å². The van der Waals surface area contributed by atoms with E-state index >= 15 is 0 Å². The third-order valence-corrected chi connectivity index (χ3v) is 6.54. The average molecular weight is 434 g/mol. The lowest BCUT2D eigenvalue weighted by molar-refractivity contribution is -0.119. The van der Waals surface area contributed by atoms with Gasteiger partial charge in [0.05, 0.1) is 16.2 Å². The summed E-state index contributed by atoms with van der Waals surface area (Å²) in [6.45, 7) is 5.89. The number of carbonyl (C=O) groups excluding carboxylic acids is 2. The molecular weight excluding hydrogens is 414 g/mol. The summed E-state index contributed by atoms with van der Waals surface area (Å²) >= 11 is 7.50. The Hall–Kier alpha value is -2.82. The van der Waals surface area contributed by atoms with Crippen molar-refractivity contribution in [3.05, 3.63) is 98.9 Å². The quantitative estimate of drug-likeness (QED) is 0.450. The predicted octanol–water partition coefficient (Wildman–Crippen LogP) is 6.34. The Morgan fingerprint density at radius 1 is 0.767 bits per heavy atom. The van der Waals surface area contributed by atoms with E-state index in [1.165, 1.54) is 16.7 Å². The number of thioether (sulfide) groups is 1. The van der Waals surface area contributed by atoms with Gasteiger partial charge in [-0.15, -0.1) is 0 Å². The van der Waals surface area contributed by atoms with E-state index in [1.807, 2.05) is 75.4 Å². The van der Waals surface area contributed by atoms with Gasteiger partial charge < -0.3 is 0 Å². The molecule has 5 heteroatoms. The smallest absolute Gasteiger partial charge is 0.268 e. The van der Waals surface area contributed by atoms with Crippen LogP contribution in [0.2, 0.25) is 5.02 Å². The van der Waals surface area contributed by atoms with Gasteiger partial charge in [0.1, 0.15) is 0 Å². The molecule has 0 N–H and O–H groups in total. The van der Waals surface area contributed by atoms with Crippen molar-refractivity contribution < 1.29 is 9.59 Å². The largest absolute Gasteiger partial charge is 0.272 e. The molecule has 2 amide bonds. The van der Waals surface area contributed by atoms with Gasteiger partial charge in [0.2, 0.25) is 0 Å². The highest BCUT2D eigenvalue weighted by molar-refractivity contribution is 8.04. The highest BCUT2D eigenvalue weighted by Crippen LogP contribution is 2.42. The first-order valence-electron chi connectivity index (χ1n) is 9.56. The maximum Gasteiger partial charge on any atom is 0.272 e. The van der Waals surface area contributed by atoms with Crippen LogP contribution >= 0.6 is 23.4 Å². The fourth-order valence-electron chi connectivity index (χ4n) is 3.40. The lowest BCUT2D eigenvalue weighted by Crippen LogP contribution is -2.32. The molecule has 1 aliphatic heterocycles. The van der Waals surface area contributed by atoms with Crippen molar-refractivity contribution in [2.45, 2.75) is 25.7 Å². The first-order chi connectivity index (χ1) is 14.4. The molecule has 0 aliphatic carbocycles. The average Bonchev–Trinajstić information content (AvgIpc) is 2.96. The maximum absolute atomic E-state index is 13.6. The molecule has 0 fully saturated rings. The van der Waals surface area contributed by atoms with Crippen LogP contribution in [0.5, 0.6) is 0 Å². The monoisotopic (exact) mass is 433 g/mol. The molecule has 150 valence electrons. The topological polar surface area (TPSA) is 37.4 Å². The molecule has 0 radical (unpaired) electrons. The molecule has 3 aromatic carbocycles. The van der Waals surface area contributed by atoms with E-state index in [0.717, 1.165) is 27.1 Å². The van der Waals surface area contributed by atoms with Crippen LogP contribution in [0.3, 0.4) is 0 Å². The SMILES string of the molecule is Cc1ccc(C2=C(Sc3ccccc3)C(=O)N(c3cc(Cl)ccc3C)C2=O)cc1C. The first kappa shape index (κ1) is 20.5. The Balaban J connectivity index is 1.88. The van der Waals surface area contributed by atoms with Crippen molar-refractivity contribution in [2.75, 3.05) is 4.90 Å². The molecule has 1 heterocycles. The fourth-order valence-corrected chi connectivity index (χ4v) is 4.59. The van der Waals surface area contributed by atoms with Crippen LogP contribution in [-0.2, 0) is 9.59 Å². The second kappa shape index (κ2) is 8.13. The van der Waals surface area contributed by atoms with Gasteiger partial charge in [-0.2, -0.15) is 0 Å². The number of imide groups is 1. The van der Waals surface area contributed by atoms with Gasteiger partial charge in [0.15, 0.2) is 0 Å². The van der Waals surface area contributed by atoms with E-state index in [9.17, 15) is 9.59 Å². The Morgan fingerprint density at radius 3 is 2.17 bits per heavy atom. The molecule has 0 atom stereocenters. The molecule has 0 spiro atoms. The van der Waals surface area contributed by atoms with Crippen LogP contribution < -0.4 is 4.90 Å². The summed E-state index contributed by atoms with van der Waals surface area (Å²) in [7, 11) is 0. The summed E-state index contributed by atoms with van der Waals surface area (Å²) in [6.07, 6.45) is 0. The predicted molar refractivity (Wildman–Crippen MR) is 124 cm³/mol. The zero-order valence-electron chi connectivity index (χ0n) is 16.9. The van der Waals surface area contributed by atoms with E-state index in [-0.39, 0.29) is 11.8 Å². The molecule has 30 heavy (non-hydrogen) atoms. The normalized spacial score (nSPS) is 14.1. The molecule has 4 rings (SSSR count). The number of benzene rings is 3. The molecule has 0 unspecified atom stereocenters. The molecule has 0 bridgehead atoms. The van der Waals surface area contributed by atoms with Gasteiger partial charge in [-0.25, -0.2) is 4.90 Å². The lowest BCUT2D eigenvalue weighted by atomic mass is 10.0. The maximum atomic E-state index is 13.6. The molecule has 0 aromatic heterocycles. The van der Waals surface area contributed by atoms with Crippen LogP contribution in [0.15, 0.2) is 76.5 Å². The number of carbonyl (C=O) groups is 2. The van der Waals surface area contributed by atoms with E-state index in [0.29, 0.717) is 21.2 Å². The standard InChI is InChI=1S/C25H20ClNO2S/c1-15-9-11-18(13-17(15)3)22-23(30-20-7-5-4-6-8-20)25(29)27(24(22)28)21-14-19(26)12-10-16(21)2/h4-14H,1-3H3. The summed E-state index contributed by atoms with van der Waals surface area (Å²) in [5.74, 6) is -0.653. The Labute approximate surface area is 185 Å². The van der Waals surface area contributed by atoms with Gasteiger partial charge in [0, 0.05) is 9.92 Å². The second-order valence-corrected chi connectivity index (χ2v) is 8.82. The van der Waals surface area contributed by atoms with Crippen LogP contribution in [0.25, 0.3) is 5.57 Å². The van der Waals surface area contributed by atoms with Crippen molar-refractivity contribution in [3.8, 4) is 0 Å². The zero-order chi connectivity index (χ0) is 21.4. The third-order valence-electron chi connectivity index (χ3n) is 5.21. The molecule has 1 aliphatic rings. The lowest BCUT2D eigenvalue weighted by Gasteiger charge is -2.18. The zero-order valence-corrected chi connectivity index (χ0v) is 18.5. The number of halogens is 1. The van der Waals surface area contributed by atoms with E-state index in [1.54, 1.807) is 12.1 Å². The summed E-state index contributed by atoms with van der Waals surface area (Å²) in [5, 5.41) is 0.480. The number of aryl methyl sites for hydroxylation is 3. The number of hydrogen-bond donors (Lipinski definition) is 0. The number of rotatable bonds is 4. The molecule has 0 saturated heterocycles. The minimum absolute atomic E-state index is 0.326. The molecule has 0 saturated carbocycles. The Morgan fingerprint density at radius 2 is 1.47 bits per heavy atom. The fraction of sp³-hybridized carbons (Fsp3) is 0.120. The third kappa shape index (κ3) is 3.69. The number of anilines is 1. The van der Waals surface area contributed by atoms with E-state index in [2.05, 4.69) is 0 Å². The van der Waals surface area contributed by atoms with Crippen molar-refractivity contribution >= 4 is 46.4 Å². The van der Waals surface area contributed by atoms with Crippen LogP contribution in [0.4, 0.5) is 5.69 Å². The summed E-state index contributed by atoms with van der Waals surface area (Å²) in [6, 6.07) is 20.7. The molecular formula is C25H20ClNO2S. The number of hydrogen-bond acceptors (Lipinski definition) is 3. The van der Waals surface area contributed by atoms with Crippen molar-refractivity contribution in [3.63, 3.8) is 0 Å². The first-order valence-corrected chi connectivity index (χ1v) is 10.8. The van der Waals surface area contributed by atoms with Gasteiger partial charge in [-0.1, -0.05) is 65.8 Å².